The molecule has 0 saturated carbocycles. The molecule has 64 valence electrons. The van der Waals surface area contributed by atoms with Crippen molar-refractivity contribution in [3.05, 3.63) is 11.6 Å². The van der Waals surface area contributed by atoms with Gasteiger partial charge in [-0.3, -0.25) is 14.4 Å². The molecule has 0 aromatic heterocycles. The molecule has 0 heterocycles. The molecule has 3 nitrogen and oxygen atoms in total. The van der Waals surface area contributed by atoms with Crippen molar-refractivity contribution in [2.45, 2.75) is 20.3 Å². The topological polar surface area (TPSA) is 51.2 Å². The van der Waals surface area contributed by atoms with Gasteiger partial charge in [0.15, 0.2) is 17.9 Å². The molecule has 1 aliphatic rings. The van der Waals surface area contributed by atoms with E-state index in [1.807, 2.05) is 0 Å². The van der Waals surface area contributed by atoms with Crippen LogP contribution in [-0.4, -0.2) is 17.9 Å². The van der Waals surface area contributed by atoms with Gasteiger partial charge in [-0.1, -0.05) is 13.8 Å². The van der Waals surface area contributed by atoms with E-state index in [-0.39, 0.29) is 23.6 Å². The Labute approximate surface area is 70.4 Å². The molecule has 0 unspecified atom stereocenters. The number of hydrogen-bond donors (Lipinski definition) is 0. The Morgan fingerprint density at radius 2 is 2.00 bits per heavy atom. The predicted octanol–water partition coefficient (Wildman–Crippen LogP) is 0.680. The van der Waals surface area contributed by atoms with Crippen LogP contribution >= 0.6 is 0 Å². The summed E-state index contributed by atoms with van der Waals surface area (Å²) >= 11 is 0. The summed E-state index contributed by atoms with van der Waals surface area (Å²) in [6.07, 6.45) is 1.77. The average molecular weight is 166 g/mol. The van der Waals surface area contributed by atoms with Gasteiger partial charge in [-0.05, 0) is 6.08 Å². The highest BCUT2D eigenvalue weighted by atomic mass is 16.1. The van der Waals surface area contributed by atoms with Gasteiger partial charge in [-0.15, -0.1) is 0 Å². The van der Waals surface area contributed by atoms with Crippen LogP contribution < -0.4 is 0 Å². The van der Waals surface area contributed by atoms with Gasteiger partial charge in [-0.25, -0.2) is 0 Å². The first-order valence-corrected chi connectivity index (χ1v) is 3.72. The van der Waals surface area contributed by atoms with Crippen LogP contribution in [0.2, 0.25) is 0 Å². The lowest BCUT2D eigenvalue weighted by Gasteiger charge is -2.24. The quantitative estimate of drug-likeness (QED) is 0.425. The van der Waals surface area contributed by atoms with Crippen molar-refractivity contribution in [2.75, 3.05) is 0 Å². The number of carbonyl (C=O) groups excluding carboxylic acids is 3. The molecule has 0 spiro atoms. The normalized spacial score (nSPS) is 22.0. The summed E-state index contributed by atoms with van der Waals surface area (Å²) in [6, 6.07) is 0. The van der Waals surface area contributed by atoms with Crippen molar-refractivity contribution in [1.29, 1.82) is 0 Å². The zero-order chi connectivity index (χ0) is 9.35. The van der Waals surface area contributed by atoms with Gasteiger partial charge in [0.1, 0.15) is 0 Å². The number of Topliss-reactive ketones (excluding diaryl/α,β-unsaturated/α-hetero) is 1. The molecule has 0 bridgehead atoms. The molecule has 0 aromatic rings. The van der Waals surface area contributed by atoms with Crippen molar-refractivity contribution < 1.29 is 14.4 Å². The van der Waals surface area contributed by atoms with Crippen LogP contribution in [0.25, 0.3) is 0 Å². The second kappa shape index (κ2) is 2.66. The molecule has 0 aliphatic heterocycles. The fourth-order valence-corrected chi connectivity index (χ4v) is 1.28. The maximum absolute atomic E-state index is 11.4. The van der Waals surface area contributed by atoms with Crippen molar-refractivity contribution in [1.82, 2.24) is 0 Å². The standard InChI is InChI=1S/C9H10O3/c1-9(2)4-7(11)3-6(5-10)8(9)12/h3,5H,4H2,1-2H3. The minimum atomic E-state index is -0.706. The summed E-state index contributed by atoms with van der Waals surface area (Å²) in [5, 5.41) is 0. The maximum Gasteiger partial charge on any atom is 0.172 e. The zero-order valence-corrected chi connectivity index (χ0v) is 7.09. The van der Waals surface area contributed by atoms with Crippen LogP contribution in [0, 0.1) is 5.41 Å². The summed E-state index contributed by atoms with van der Waals surface area (Å²) in [6.45, 7) is 3.34. The van der Waals surface area contributed by atoms with Crippen LogP contribution in [-0.2, 0) is 14.4 Å². The van der Waals surface area contributed by atoms with E-state index in [0.717, 1.165) is 6.08 Å². The fourth-order valence-electron chi connectivity index (χ4n) is 1.28. The molecule has 0 radical (unpaired) electrons. The van der Waals surface area contributed by atoms with E-state index in [2.05, 4.69) is 0 Å². The minimum Gasteiger partial charge on any atom is -0.298 e. The van der Waals surface area contributed by atoms with Gasteiger partial charge in [0.05, 0.1) is 5.57 Å². The first kappa shape index (κ1) is 8.84. The second-order valence-corrected chi connectivity index (χ2v) is 3.57. The monoisotopic (exact) mass is 166 g/mol. The van der Waals surface area contributed by atoms with E-state index in [1.54, 1.807) is 13.8 Å². The zero-order valence-electron chi connectivity index (χ0n) is 7.09. The fraction of sp³-hybridized carbons (Fsp3) is 0.444. The van der Waals surface area contributed by atoms with E-state index < -0.39 is 5.41 Å². The van der Waals surface area contributed by atoms with Gasteiger partial charge in [0.2, 0.25) is 0 Å². The molecule has 1 aliphatic carbocycles. The first-order chi connectivity index (χ1) is 5.47. The predicted molar refractivity (Wildman–Crippen MR) is 42.6 cm³/mol. The van der Waals surface area contributed by atoms with Crippen molar-refractivity contribution in [3.63, 3.8) is 0 Å². The van der Waals surface area contributed by atoms with E-state index in [0.29, 0.717) is 6.29 Å². The van der Waals surface area contributed by atoms with Crippen LogP contribution in [0.15, 0.2) is 11.6 Å². The number of hydrogen-bond acceptors (Lipinski definition) is 3. The summed E-state index contributed by atoms with van der Waals surface area (Å²) < 4.78 is 0. The Bertz CT molecular complexity index is 284. The SMILES string of the molecule is CC1(C)CC(=O)C=C(C=O)C1=O. The number of ketones is 2. The molecule has 0 fully saturated rings. The summed E-state index contributed by atoms with van der Waals surface area (Å²) in [4.78, 5) is 32.7. The Morgan fingerprint density at radius 3 is 2.50 bits per heavy atom. The smallest absolute Gasteiger partial charge is 0.172 e. The molecule has 0 saturated heterocycles. The number of rotatable bonds is 1. The Morgan fingerprint density at radius 1 is 1.42 bits per heavy atom. The highest BCUT2D eigenvalue weighted by molar-refractivity contribution is 6.21. The third-order valence-corrected chi connectivity index (χ3v) is 1.94. The van der Waals surface area contributed by atoms with E-state index in [4.69, 9.17) is 0 Å². The molecule has 0 atom stereocenters. The largest absolute Gasteiger partial charge is 0.298 e. The first-order valence-electron chi connectivity index (χ1n) is 3.72. The summed E-state index contributed by atoms with van der Waals surface area (Å²) in [7, 11) is 0. The van der Waals surface area contributed by atoms with Crippen LogP contribution in [0.4, 0.5) is 0 Å². The third-order valence-electron chi connectivity index (χ3n) is 1.94. The second-order valence-electron chi connectivity index (χ2n) is 3.57. The third kappa shape index (κ3) is 1.35. The lowest BCUT2D eigenvalue weighted by Crippen LogP contribution is -2.33. The van der Waals surface area contributed by atoms with Crippen LogP contribution in [0.1, 0.15) is 20.3 Å². The van der Waals surface area contributed by atoms with Gasteiger partial charge >= 0.3 is 0 Å². The van der Waals surface area contributed by atoms with Crippen LogP contribution in [0.3, 0.4) is 0 Å². The Kier molecular flexibility index (Phi) is 1.96. The molecule has 1 rings (SSSR count). The van der Waals surface area contributed by atoms with E-state index in [9.17, 15) is 14.4 Å². The lowest BCUT2D eigenvalue weighted by atomic mass is 9.76. The minimum absolute atomic E-state index is 0.00347. The summed E-state index contributed by atoms with van der Waals surface area (Å²) in [5.41, 5.74) is -0.710. The summed E-state index contributed by atoms with van der Waals surface area (Å²) in [5.74, 6) is -0.390. The highest BCUT2D eigenvalue weighted by Gasteiger charge is 2.35. The maximum atomic E-state index is 11.4. The number of carbonyl (C=O) groups is 3. The average Bonchev–Trinajstić information content (AvgIpc) is 1.96. The van der Waals surface area contributed by atoms with Gasteiger partial charge in [-0.2, -0.15) is 0 Å². The van der Waals surface area contributed by atoms with Gasteiger partial charge in [0, 0.05) is 11.8 Å². The molecule has 0 amide bonds. The van der Waals surface area contributed by atoms with Gasteiger partial charge in [0.25, 0.3) is 0 Å². The Balaban J connectivity index is 3.12. The molecule has 3 heteroatoms. The van der Waals surface area contributed by atoms with Gasteiger partial charge < -0.3 is 0 Å². The molecule has 0 aromatic carbocycles. The molecular formula is C9H10O3. The van der Waals surface area contributed by atoms with E-state index >= 15 is 0 Å². The van der Waals surface area contributed by atoms with Crippen molar-refractivity contribution in [3.8, 4) is 0 Å². The number of allylic oxidation sites excluding steroid dienone is 2. The van der Waals surface area contributed by atoms with E-state index in [1.165, 1.54) is 0 Å². The highest BCUT2D eigenvalue weighted by Crippen LogP contribution is 2.29. The van der Waals surface area contributed by atoms with Crippen molar-refractivity contribution in [2.24, 2.45) is 5.41 Å². The van der Waals surface area contributed by atoms with Crippen LogP contribution in [0.5, 0.6) is 0 Å². The molecule has 0 N–H and O–H groups in total. The van der Waals surface area contributed by atoms with Crippen molar-refractivity contribution >= 4 is 17.9 Å². The molecule has 12 heavy (non-hydrogen) atoms. The lowest BCUT2D eigenvalue weighted by molar-refractivity contribution is -0.130. The molecular weight excluding hydrogens is 156 g/mol. The number of aldehydes is 1. The Hall–Kier alpha value is -1.25.